The van der Waals surface area contributed by atoms with Crippen molar-refractivity contribution in [2.45, 2.75) is 51.7 Å². The summed E-state index contributed by atoms with van der Waals surface area (Å²) < 4.78 is 6.00. The Morgan fingerprint density at radius 1 is 1.31 bits per heavy atom. The number of benzene rings is 1. The van der Waals surface area contributed by atoms with Gasteiger partial charge in [-0.05, 0) is 57.7 Å². The van der Waals surface area contributed by atoms with Crippen LogP contribution in [0, 0.1) is 0 Å². The van der Waals surface area contributed by atoms with Gasteiger partial charge in [0.05, 0.1) is 0 Å². The average molecular weight is 219 g/mol. The van der Waals surface area contributed by atoms with E-state index in [0.717, 1.165) is 24.2 Å². The summed E-state index contributed by atoms with van der Waals surface area (Å²) in [5.41, 5.74) is 8.17. The predicted octanol–water partition coefficient (Wildman–Crippen LogP) is 2.98. The number of fused-ring (bicyclic) bond motifs is 1. The van der Waals surface area contributed by atoms with Crippen molar-refractivity contribution in [2.24, 2.45) is 5.73 Å². The summed E-state index contributed by atoms with van der Waals surface area (Å²) in [4.78, 5) is 0. The summed E-state index contributed by atoms with van der Waals surface area (Å²) >= 11 is 0. The van der Waals surface area contributed by atoms with Crippen LogP contribution in [-0.2, 0) is 12.0 Å². The zero-order valence-electron chi connectivity index (χ0n) is 10.6. The normalized spacial score (nSPS) is 18.8. The molecule has 0 saturated carbocycles. The summed E-state index contributed by atoms with van der Waals surface area (Å²) in [5.74, 6) is 1.01. The molecule has 2 rings (SSSR count). The lowest BCUT2D eigenvalue weighted by atomic mass is 9.90. The number of hydrogen-bond acceptors (Lipinski definition) is 2. The first-order valence-corrected chi connectivity index (χ1v) is 5.89. The topological polar surface area (TPSA) is 35.2 Å². The fourth-order valence-electron chi connectivity index (χ4n) is 2.04. The van der Waals surface area contributed by atoms with Crippen LogP contribution in [0.15, 0.2) is 18.2 Å². The van der Waals surface area contributed by atoms with Gasteiger partial charge in [0.25, 0.3) is 0 Å². The lowest BCUT2D eigenvalue weighted by molar-refractivity contribution is 0.0844. The van der Waals surface area contributed by atoms with E-state index in [4.69, 9.17) is 10.5 Å². The highest BCUT2D eigenvalue weighted by atomic mass is 16.5. The van der Waals surface area contributed by atoms with Crippen LogP contribution >= 0.6 is 0 Å². The van der Waals surface area contributed by atoms with Crippen LogP contribution in [0.5, 0.6) is 5.75 Å². The summed E-state index contributed by atoms with van der Waals surface area (Å²) in [7, 11) is 0. The maximum atomic E-state index is 6.10. The molecular formula is C14H21NO. The molecule has 16 heavy (non-hydrogen) atoms. The van der Waals surface area contributed by atoms with Crippen LogP contribution in [0.4, 0.5) is 0 Å². The summed E-state index contributed by atoms with van der Waals surface area (Å²) in [6.07, 6.45) is 2.17. The van der Waals surface area contributed by atoms with Gasteiger partial charge in [0.15, 0.2) is 0 Å². The Hall–Kier alpha value is -1.02. The van der Waals surface area contributed by atoms with E-state index in [1.807, 2.05) is 13.8 Å². The van der Waals surface area contributed by atoms with Gasteiger partial charge in [-0.3, -0.25) is 0 Å². The third-order valence-corrected chi connectivity index (χ3v) is 3.19. The van der Waals surface area contributed by atoms with E-state index in [9.17, 15) is 0 Å². The van der Waals surface area contributed by atoms with Gasteiger partial charge < -0.3 is 10.5 Å². The molecule has 0 unspecified atom stereocenters. The molecule has 0 amide bonds. The predicted molar refractivity (Wildman–Crippen MR) is 66.7 cm³/mol. The molecule has 0 bridgehead atoms. The van der Waals surface area contributed by atoms with Crippen molar-refractivity contribution in [1.29, 1.82) is 0 Å². The molecule has 2 nitrogen and oxygen atoms in total. The van der Waals surface area contributed by atoms with Crippen molar-refractivity contribution in [3.05, 3.63) is 29.3 Å². The molecule has 1 heterocycles. The zero-order chi connectivity index (χ0) is 12.0. The maximum Gasteiger partial charge on any atom is 0.123 e. The van der Waals surface area contributed by atoms with E-state index in [-0.39, 0.29) is 11.1 Å². The highest BCUT2D eigenvalue weighted by Gasteiger charge is 2.27. The second kappa shape index (κ2) is 3.49. The minimum atomic E-state index is -0.306. The monoisotopic (exact) mass is 219 g/mol. The SMILES string of the molecule is CC1(C)CCc2ccc(C(C)(C)N)cc2O1. The Balaban J connectivity index is 2.39. The Bertz CT molecular complexity index is 402. The molecule has 1 aromatic rings. The van der Waals surface area contributed by atoms with Crippen LogP contribution in [0.25, 0.3) is 0 Å². The van der Waals surface area contributed by atoms with Crippen LogP contribution in [0.1, 0.15) is 45.2 Å². The highest BCUT2D eigenvalue weighted by molar-refractivity contribution is 5.41. The minimum Gasteiger partial charge on any atom is -0.488 e. The third kappa shape index (κ3) is 2.22. The molecule has 2 N–H and O–H groups in total. The van der Waals surface area contributed by atoms with Crippen molar-refractivity contribution in [3.63, 3.8) is 0 Å². The third-order valence-electron chi connectivity index (χ3n) is 3.19. The van der Waals surface area contributed by atoms with Gasteiger partial charge in [-0.1, -0.05) is 12.1 Å². The largest absolute Gasteiger partial charge is 0.488 e. The number of hydrogen-bond donors (Lipinski definition) is 1. The van der Waals surface area contributed by atoms with Crippen LogP contribution in [0.3, 0.4) is 0 Å². The molecule has 1 aliphatic rings. The van der Waals surface area contributed by atoms with Crippen LogP contribution in [-0.4, -0.2) is 5.60 Å². The summed E-state index contributed by atoms with van der Waals surface area (Å²) in [6.45, 7) is 8.30. The lowest BCUT2D eigenvalue weighted by Crippen LogP contribution is -2.33. The van der Waals surface area contributed by atoms with Gasteiger partial charge in [-0.25, -0.2) is 0 Å². The van der Waals surface area contributed by atoms with E-state index < -0.39 is 0 Å². The molecule has 0 fully saturated rings. The second-order valence-corrected chi connectivity index (χ2v) is 5.91. The molecule has 0 aliphatic carbocycles. The molecule has 0 saturated heterocycles. The lowest BCUT2D eigenvalue weighted by Gasteiger charge is -2.33. The van der Waals surface area contributed by atoms with E-state index in [2.05, 4.69) is 32.0 Å². The first-order valence-electron chi connectivity index (χ1n) is 5.89. The van der Waals surface area contributed by atoms with Crippen molar-refractivity contribution in [1.82, 2.24) is 0 Å². The van der Waals surface area contributed by atoms with Gasteiger partial charge in [0.1, 0.15) is 11.4 Å². The van der Waals surface area contributed by atoms with Crippen molar-refractivity contribution in [2.75, 3.05) is 0 Å². The molecular weight excluding hydrogens is 198 g/mol. The molecule has 1 aliphatic heterocycles. The second-order valence-electron chi connectivity index (χ2n) is 5.91. The van der Waals surface area contributed by atoms with Crippen molar-refractivity contribution >= 4 is 0 Å². The van der Waals surface area contributed by atoms with Gasteiger partial charge in [0.2, 0.25) is 0 Å². The van der Waals surface area contributed by atoms with Crippen molar-refractivity contribution in [3.8, 4) is 5.75 Å². The first-order chi connectivity index (χ1) is 7.28. The molecule has 2 heteroatoms. The van der Waals surface area contributed by atoms with Crippen molar-refractivity contribution < 1.29 is 4.74 Å². The average Bonchev–Trinajstić information content (AvgIpc) is 2.13. The molecule has 0 atom stereocenters. The molecule has 0 radical (unpaired) electrons. The highest BCUT2D eigenvalue weighted by Crippen LogP contribution is 2.35. The Morgan fingerprint density at radius 3 is 2.62 bits per heavy atom. The van der Waals surface area contributed by atoms with E-state index in [1.165, 1.54) is 5.56 Å². The number of rotatable bonds is 1. The van der Waals surface area contributed by atoms with Gasteiger partial charge >= 0.3 is 0 Å². The molecule has 1 aromatic carbocycles. The van der Waals surface area contributed by atoms with Crippen LogP contribution in [0.2, 0.25) is 0 Å². The van der Waals surface area contributed by atoms with Gasteiger partial charge in [-0.15, -0.1) is 0 Å². The number of nitrogens with two attached hydrogens (primary N) is 1. The minimum absolute atomic E-state index is 0.0512. The molecule has 0 spiro atoms. The molecule has 0 aromatic heterocycles. The van der Waals surface area contributed by atoms with E-state index in [0.29, 0.717) is 0 Å². The Kier molecular flexibility index (Phi) is 2.50. The Labute approximate surface area is 97.8 Å². The zero-order valence-corrected chi connectivity index (χ0v) is 10.6. The maximum absolute atomic E-state index is 6.10. The quantitative estimate of drug-likeness (QED) is 0.788. The van der Waals surface area contributed by atoms with E-state index in [1.54, 1.807) is 0 Å². The summed E-state index contributed by atoms with van der Waals surface area (Å²) in [5, 5.41) is 0. The van der Waals surface area contributed by atoms with Crippen LogP contribution < -0.4 is 10.5 Å². The smallest absolute Gasteiger partial charge is 0.123 e. The van der Waals surface area contributed by atoms with Gasteiger partial charge in [-0.2, -0.15) is 0 Å². The first kappa shape index (κ1) is 11.5. The Morgan fingerprint density at radius 2 is 2.00 bits per heavy atom. The fraction of sp³-hybridized carbons (Fsp3) is 0.571. The fourth-order valence-corrected chi connectivity index (χ4v) is 2.04. The number of aryl methyl sites for hydroxylation is 1. The molecule has 88 valence electrons. The number of ether oxygens (including phenoxy) is 1. The van der Waals surface area contributed by atoms with Gasteiger partial charge in [0, 0.05) is 5.54 Å². The van der Waals surface area contributed by atoms with E-state index >= 15 is 0 Å². The summed E-state index contributed by atoms with van der Waals surface area (Å²) in [6, 6.07) is 6.35. The standard InChI is InChI=1S/C14H21NO/c1-13(2)8-7-10-5-6-11(14(3,4)15)9-12(10)16-13/h5-6,9H,7-8,15H2,1-4H3.